The van der Waals surface area contributed by atoms with E-state index in [1.54, 1.807) is 6.92 Å². The highest BCUT2D eigenvalue weighted by atomic mass is 16.3. The number of para-hydroxylation sites is 2. The molecule has 0 radical (unpaired) electrons. The van der Waals surface area contributed by atoms with Crippen LogP contribution in [0.1, 0.15) is 56.5 Å². The quantitative estimate of drug-likeness (QED) is 0.675. The van der Waals surface area contributed by atoms with Crippen molar-refractivity contribution in [2.24, 2.45) is 0 Å². The molecule has 2 aromatic carbocycles. The van der Waals surface area contributed by atoms with Gasteiger partial charge in [0.1, 0.15) is 18.5 Å². The van der Waals surface area contributed by atoms with E-state index in [4.69, 9.17) is 0 Å². The Balaban J connectivity index is 1.64. The molecule has 0 spiro atoms. The van der Waals surface area contributed by atoms with Gasteiger partial charge >= 0.3 is 0 Å². The maximum absolute atomic E-state index is 13.5. The van der Waals surface area contributed by atoms with Crippen LogP contribution in [0.15, 0.2) is 54.6 Å². The molecule has 0 saturated heterocycles. The summed E-state index contributed by atoms with van der Waals surface area (Å²) < 4.78 is 1.88. The Bertz CT molecular complexity index is 959. The predicted octanol–water partition coefficient (Wildman–Crippen LogP) is 4.45. The second kappa shape index (κ2) is 8.78. The van der Waals surface area contributed by atoms with E-state index >= 15 is 0 Å². The molecular formula is C24H29N3O2. The average molecular weight is 392 g/mol. The minimum absolute atomic E-state index is 0.0887. The van der Waals surface area contributed by atoms with Crippen molar-refractivity contribution in [1.29, 1.82) is 0 Å². The molecule has 0 bridgehead atoms. The number of fused-ring (bicyclic) bond motifs is 1. The van der Waals surface area contributed by atoms with Crippen molar-refractivity contribution in [2.45, 2.75) is 64.3 Å². The first-order chi connectivity index (χ1) is 14.1. The Kier molecular flexibility index (Phi) is 5.95. The van der Waals surface area contributed by atoms with Crippen LogP contribution in [0.4, 0.5) is 0 Å². The number of carbonyl (C=O) groups is 1. The van der Waals surface area contributed by atoms with Crippen LogP contribution >= 0.6 is 0 Å². The SMILES string of the molecule is CC(O)c1nc2ccccc2n1CC(=O)N(Cc1ccccc1)C1CCCCC1. The first-order valence-electron chi connectivity index (χ1n) is 10.6. The number of imidazole rings is 1. The summed E-state index contributed by atoms with van der Waals surface area (Å²) in [6.45, 7) is 2.52. The van der Waals surface area contributed by atoms with Gasteiger partial charge in [0.25, 0.3) is 0 Å². The number of amides is 1. The summed E-state index contributed by atoms with van der Waals surface area (Å²) in [5.74, 6) is 0.633. The van der Waals surface area contributed by atoms with Crippen LogP contribution in [-0.4, -0.2) is 31.5 Å². The number of carbonyl (C=O) groups excluding carboxylic acids is 1. The van der Waals surface area contributed by atoms with E-state index in [-0.39, 0.29) is 18.5 Å². The lowest BCUT2D eigenvalue weighted by Crippen LogP contribution is -2.42. The van der Waals surface area contributed by atoms with Gasteiger partial charge in [0, 0.05) is 12.6 Å². The summed E-state index contributed by atoms with van der Waals surface area (Å²) in [5.41, 5.74) is 2.85. The highest BCUT2D eigenvalue weighted by Crippen LogP contribution is 2.26. The van der Waals surface area contributed by atoms with Gasteiger partial charge in [-0.2, -0.15) is 0 Å². The summed E-state index contributed by atoms with van der Waals surface area (Å²) in [4.78, 5) is 20.1. The highest BCUT2D eigenvalue weighted by molar-refractivity contribution is 5.81. The number of hydrogen-bond donors (Lipinski definition) is 1. The van der Waals surface area contributed by atoms with Crippen molar-refractivity contribution in [1.82, 2.24) is 14.5 Å². The molecule has 1 unspecified atom stereocenters. The van der Waals surface area contributed by atoms with E-state index in [1.807, 2.05) is 47.0 Å². The van der Waals surface area contributed by atoms with Gasteiger partial charge in [0.2, 0.25) is 5.91 Å². The fraction of sp³-hybridized carbons (Fsp3) is 0.417. The molecule has 1 aliphatic rings. The Labute approximate surface area is 172 Å². The fourth-order valence-corrected chi connectivity index (χ4v) is 4.40. The van der Waals surface area contributed by atoms with Gasteiger partial charge in [-0.25, -0.2) is 4.98 Å². The third-order valence-electron chi connectivity index (χ3n) is 5.88. The Morgan fingerprint density at radius 2 is 1.79 bits per heavy atom. The van der Waals surface area contributed by atoms with Gasteiger partial charge < -0.3 is 14.6 Å². The van der Waals surface area contributed by atoms with Crippen LogP contribution in [0.2, 0.25) is 0 Å². The molecule has 3 aromatic rings. The highest BCUT2D eigenvalue weighted by Gasteiger charge is 2.27. The second-order valence-corrected chi connectivity index (χ2v) is 8.02. The van der Waals surface area contributed by atoms with Crippen LogP contribution in [0.3, 0.4) is 0 Å². The number of aromatic nitrogens is 2. The minimum Gasteiger partial charge on any atom is -0.385 e. The van der Waals surface area contributed by atoms with Crippen molar-refractivity contribution < 1.29 is 9.90 Å². The van der Waals surface area contributed by atoms with Crippen molar-refractivity contribution in [3.05, 3.63) is 66.0 Å². The standard InChI is InChI=1S/C24H29N3O2/c1-18(28)24-25-21-14-8-9-15-22(21)27(24)17-23(29)26(20-12-6-3-7-13-20)16-19-10-4-2-5-11-19/h2,4-5,8-11,14-15,18,20,28H,3,6-7,12-13,16-17H2,1H3. The predicted molar refractivity (Wildman–Crippen MR) is 114 cm³/mol. The number of nitrogens with zero attached hydrogens (tertiary/aromatic N) is 3. The zero-order valence-corrected chi connectivity index (χ0v) is 17.0. The van der Waals surface area contributed by atoms with Crippen LogP contribution in [0.5, 0.6) is 0 Å². The molecule has 1 fully saturated rings. The van der Waals surface area contributed by atoms with Crippen LogP contribution in [0.25, 0.3) is 11.0 Å². The molecule has 29 heavy (non-hydrogen) atoms. The number of rotatable bonds is 6. The zero-order chi connectivity index (χ0) is 20.2. The third-order valence-corrected chi connectivity index (χ3v) is 5.88. The summed E-state index contributed by atoms with van der Waals surface area (Å²) in [5, 5.41) is 10.2. The number of hydrogen-bond acceptors (Lipinski definition) is 3. The Morgan fingerprint density at radius 3 is 2.52 bits per heavy atom. The molecule has 1 aliphatic carbocycles. The maximum atomic E-state index is 13.5. The lowest BCUT2D eigenvalue weighted by molar-refractivity contribution is -0.135. The number of aliphatic hydroxyl groups is 1. The van der Waals surface area contributed by atoms with E-state index in [2.05, 4.69) is 22.0 Å². The van der Waals surface area contributed by atoms with E-state index < -0.39 is 6.10 Å². The molecule has 152 valence electrons. The minimum atomic E-state index is -0.729. The number of aliphatic hydroxyl groups excluding tert-OH is 1. The van der Waals surface area contributed by atoms with Crippen LogP contribution in [-0.2, 0) is 17.9 Å². The van der Waals surface area contributed by atoms with Gasteiger partial charge in [-0.1, -0.05) is 61.7 Å². The van der Waals surface area contributed by atoms with Gasteiger partial charge in [-0.05, 0) is 37.5 Å². The summed E-state index contributed by atoms with van der Waals surface area (Å²) >= 11 is 0. The van der Waals surface area contributed by atoms with Crippen molar-refractivity contribution >= 4 is 16.9 Å². The van der Waals surface area contributed by atoms with Crippen LogP contribution in [0, 0.1) is 0 Å². The average Bonchev–Trinajstić information content (AvgIpc) is 3.12. The van der Waals surface area contributed by atoms with Gasteiger partial charge in [-0.15, -0.1) is 0 Å². The van der Waals surface area contributed by atoms with E-state index in [9.17, 15) is 9.90 Å². The van der Waals surface area contributed by atoms with Gasteiger partial charge in [-0.3, -0.25) is 4.79 Å². The largest absolute Gasteiger partial charge is 0.385 e. The third kappa shape index (κ3) is 4.35. The van der Waals surface area contributed by atoms with E-state index in [0.29, 0.717) is 12.4 Å². The summed E-state index contributed by atoms with van der Waals surface area (Å²) in [6.07, 6.45) is 5.00. The molecule has 4 rings (SSSR count). The zero-order valence-electron chi connectivity index (χ0n) is 17.0. The molecule has 5 heteroatoms. The first-order valence-corrected chi connectivity index (χ1v) is 10.6. The van der Waals surface area contributed by atoms with Crippen molar-refractivity contribution in [3.8, 4) is 0 Å². The van der Waals surface area contributed by atoms with Crippen LogP contribution < -0.4 is 0 Å². The first kappa shape index (κ1) is 19.6. The lowest BCUT2D eigenvalue weighted by Gasteiger charge is -2.35. The van der Waals surface area contributed by atoms with E-state index in [0.717, 1.165) is 29.4 Å². The normalized spacial score (nSPS) is 16.1. The molecule has 1 saturated carbocycles. The molecule has 1 N–H and O–H groups in total. The smallest absolute Gasteiger partial charge is 0.243 e. The maximum Gasteiger partial charge on any atom is 0.243 e. The van der Waals surface area contributed by atoms with E-state index in [1.165, 1.54) is 19.3 Å². The van der Waals surface area contributed by atoms with Crippen molar-refractivity contribution in [2.75, 3.05) is 0 Å². The molecular weight excluding hydrogens is 362 g/mol. The molecule has 0 aliphatic heterocycles. The topological polar surface area (TPSA) is 58.4 Å². The second-order valence-electron chi connectivity index (χ2n) is 8.02. The van der Waals surface area contributed by atoms with Gasteiger partial charge in [0.05, 0.1) is 11.0 Å². The lowest BCUT2D eigenvalue weighted by atomic mass is 9.93. The van der Waals surface area contributed by atoms with Gasteiger partial charge in [0.15, 0.2) is 0 Å². The summed E-state index contributed by atoms with van der Waals surface area (Å²) in [6, 6.07) is 18.2. The summed E-state index contributed by atoms with van der Waals surface area (Å²) in [7, 11) is 0. The fourth-order valence-electron chi connectivity index (χ4n) is 4.40. The Morgan fingerprint density at radius 1 is 1.10 bits per heavy atom. The molecule has 1 amide bonds. The molecule has 1 atom stereocenters. The molecule has 5 nitrogen and oxygen atoms in total. The molecule has 1 heterocycles. The Hall–Kier alpha value is -2.66. The number of benzene rings is 2. The molecule has 1 aromatic heterocycles. The van der Waals surface area contributed by atoms with Crippen molar-refractivity contribution in [3.63, 3.8) is 0 Å². The monoisotopic (exact) mass is 391 g/mol.